The number of nitrogens with one attached hydrogen (secondary N) is 2. The molecule has 0 atom stereocenters. The lowest BCUT2D eigenvalue weighted by Crippen LogP contribution is -2.37. The molecule has 3 aromatic rings. The first-order valence-electron chi connectivity index (χ1n) is 9.28. The molecule has 3 rings (SSSR count). The van der Waals surface area contributed by atoms with Crippen molar-refractivity contribution in [3.63, 3.8) is 0 Å². The molecule has 0 aliphatic carbocycles. The lowest BCUT2D eigenvalue weighted by atomic mass is 10.1. The molecule has 0 saturated heterocycles. The minimum absolute atomic E-state index is 0.0125. The van der Waals surface area contributed by atoms with E-state index < -0.39 is 0 Å². The van der Waals surface area contributed by atoms with Gasteiger partial charge in [0, 0.05) is 29.7 Å². The number of aromatic nitrogens is 3. The Bertz CT molecular complexity index is 993. The van der Waals surface area contributed by atoms with Gasteiger partial charge in [0.15, 0.2) is 5.65 Å². The van der Waals surface area contributed by atoms with Crippen molar-refractivity contribution in [1.29, 1.82) is 0 Å². The van der Waals surface area contributed by atoms with Gasteiger partial charge in [-0.15, -0.1) is 0 Å². The van der Waals surface area contributed by atoms with Crippen molar-refractivity contribution < 1.29 is 9.59 Å². The zero-order chi connectivity index (χ0) is 19.4. The van der Waals surface area contributed by atoms with Gasteiger partial charge in [0.2, 0.25) is 11.8 Å². The number of amides is 2. The first-order valence-corrected chi connectivity index (χ1v) is 9.28. The molecule has 0 bridgehead atoms. The maximum absolute atomic E-state index is 12.1. The average molecular weight is 367 g/mol. The van der Waals surface area contributed by atoms with Crippen LogP contribution in [0, 0.1) is 13.8 Å². The molecule has 1 aromatic carbocycles. The van der Waals surface area contributed by atoms with Crippen LogP contribution in [0.2, 0.25) is 0 Å². The minimum atomic E-state index is -0.163. The summed E-state index contributed by atoms with van der Waals surface area (Å²) in [5, 5.41) is 11.1. The maximum Gasteiger partial charge on any atom is 0.239 e. The molecule has 2 heterocycles. The van der Waals surface area contributed by atoms with Gasteiger partial charge in [-0.3, -0.25) is 9.59 Å². The average Bonchev–Trinajstić information content (AvgIpc) is 3.03. The van der Waals surface area contributed by atoms with Crippen LogP contribution in [0.1, 0.15) is 36.7 Å². The monoisotopic (exact) mass is 367 g/mol. The first-order chi connectivity index (χ1) is 13.0. The summed E-state index contributed by atoms with van der Waals surface area (Å²) in [4.78, 5) is 28.4. The Morgan fingerprint density at radius 1 is 1.11 bits per heavy atom. The second-order valence-electron chi connectivity index (χ2n) is 6.64. The number of hydrogen-bond acceptors (Lipinski definition) is 4. The molecule has 2 aromatic heterocycles. The van der Waals surface area contributed by atoms with Gasteiger partial charge in [-0.1, -0.05) is 19.1 Å². The Morgan fingerprint density at radius 3 is 2.67 bits per heavy atom. The van der Waals surface area contributed by atoms with E-state index in [2.05, 4.69) is 15.7 Å². The summed E-state index contributed by atoms with van der Waals surface area (Å²) >= 11 is 0. The molecule has 0 spiro atoms. The fourth-order valence-electron chi connectivity index (χ4n) is 3.17. The van der Waals surface area contributed by atoms with E-state index in [0.29, 0.717) is 19.4 Å². The molecule has 0 aliphatic heterocycles. The number of carbonyl (C=O) groups is 2. The fourth-order valence-corrected chi connectivity index (χ4v) is 3.17. The minimum Gasteiger partial charge on any atom is -0.355 e. The van der Waals surface area contributed by atoms with E-state index in [0.717, 1.165) is 39.9 Å². The molecule has 2 N–H and O–H groups in total. The van der Waals surface area contributed by atoms with Crippen LogP contribution in [-0.4, -0.2) is 39.5 Å². The highest BCUT2D eigenvalue weighted by atomic mass is 16.2. The Labute approximate surface area is 158 Å². The smallest absolute Gasteiger partial charge is 0.239 e. The van der Waals surface area contributed by atoms with Crippen LogP contribution in [-0.2, 0) is 16.0 Å². The summed E-state index contributed by atoms with van der Waals surface area (Å²) in [6, 6.07) is 7.92. The predicted octanol–water partition coefficient (Wildman–Crippen LogP) is 2.07. The summed E-state index contributed by atoms with van der Waals surface area (Å²) < 4.78 is 1.85. The third-order valence-electron chi connectivity index (χ3n) is 4.64. The lowest BCUT2D eigenvalue weighted by Gasteiger charge is -2.11. The maximum atomic E-state index is 12.1. The number of aryl methyl sites for hydroxylation is 2. The van der Waals surface area contributed by atoms with E-state index in [1.807, 2.05) is 49.6 Å². The van der Waals surface area contributed by atoms with Crippen molar-refractivity contribution in [3.8, 4) is 0 Å². The quantitative estimate of drug-likeness (QED) is 0.669. The van der Waals surface area contributed by atoms with E-state index in [1.54, 1.807) is 0 Å². The highest BCUT2D eigenvalue weighted by molar-refractivity contribution is 5.92. The molecule has 0 aliphatic rings. The van der Waals surface area contributed by atoms with Gasteiger partial charge >= 0.3 is 0 Å². The number of hydrogen-bond donors (Lipinski definition) is 2. The normalized spacial score (nSPS) is 11.1. The summed E-state index contributed by atoms with van der Waals surface area (Å²) in [6.07, 6.45) is 1.73. The molecule has 142 valence electrons. The van der Waals surface area contributed by atoms with E-state index in [9.17, 15) is 9.59 Å². The second-order valence-corrected chi connectivity index (χ2v) is 6.64. The van der Waals surface area contributed by atoms with Gasteiger partial charge in [-0.25, -0.2) is 9.50 Å². The van der Waals surface area contributed by atoms with Crippen molar-refractivity contribution in [2.75, 3.05) is 13.1 Å². The van der Waals surface area contributed by atoms with Crippen LogP contribution in [0.5, 0.6) is 0 Å². The molecular formula is C20H25N5O2. The standard InChI is InChI=1S/C20H25N5O2/c1-4-11-21-19(27)12-22-18(26)10-9-15-13(2)23-20-16-7-5-6-8-17(16)24-25(20)14(15)3/h5-8H,4,9-12H2,1-3H3,(H,21,27)(H,22,26). The lowest BCUT2D eigenvalue weighted by molar-refractivity contribution is -0.126. The summed E-state index contributed by atoms with van der Waals surface area (Å²) in [6.45, 7) is 6.58. The summed E-state index contributed by atoms with van der Waals surface area (Å²) in [5.74, 6) is -0.310. The fraction of sp³-hybridized carbons (Fsp3) is 0.400. The first kappa shape index (κ1) is 18.8. The van der Waals surface area contributed by atoms with Crippen LogP contribution in [0.4, 0.5) is 0 Å². The predicted molar refractivity (Wildman–Crippen MR) is 105 cm³/mol. The van der Waals surface area contributed by atoms with Crippen LogP contribution in [0.3, 0.4) is 0 Å². The zero-order valence-corrected chi connectivity index (χ0v) is 16.0. The summed E-state index contributed by atoms with van der Waals surface area (Å²) in [7, 11) is 0. The van der Waals surface area contributed by atoms with Gasteiger partial charge in [0.25, 0.3) is 0 Å². The van der Waals surface area contributed by atoms with E-state index in [-0.39, 0.29) is 18.4 Å². The number of rotatable bonds is 7. The Morgan fingerprint density at radius 2 is 1.89 bits per heavy atom. The van der Waals surface area contributed by atoms with Gasteiger partial charge in [0.05, 0.1) is 12.1 Å². The highest BCUT2D eigenvalue weighted by Crippen LogP contribution is 2.22. The van der Waals surface area contributed by atoms with Crippen LogP contribution in [0.15, 0.2) is 24.3 Å². The molecule has 2 amide bonds. The van der Waals surface area contributed by atoms with Gasteiger partial charge in [-0.2, -0.15) is 5.10 Å². The number of fused-ring (bicyclic) bond motifs is 3. The van der Waals surface area contributed by atoms with E-state index in [4.69, 9.17) is 4.98 Å². The highest BCUT2D eigenvalue weighted by Gasteiger charge is 2.15. The van der Waals surface area contributed by atoms with E-state index in [1.165, 1.54) is 0 Å². The SMILES string of the molecule is CCCNC(=O)CNC(=O)CCc1c(C)nc2c3ccccc3nn2c1C. The van der Waals surface area contributed by atoms with Crippen molar-refractivity contribution in [3.05, 3.63) is 41.2 Å². The molecule has 0 fully saturated rings. The zero-order valence-electron chi connectivity index (χ0n) is 16.0. The van der Waals surface area contributed by atoms with Gasteiger partial charge in [-0.05, 0) is 44.4 Å². The largest absolute Gasteiger partial charge is 0.355 e. The number of carbonyl (C=O) groups excluding carboxylic acids is 2. The van der Waals surface area contributed by atoms with Crippen LogP contribution in [0.25, 0.3) is 16.6 Å². The Hall–Kier alpha value is -2.96. The topological polar surface area (TPSA) is 88.4 Å². The van der Waals surface area contributed by atoms with Crippen molar-refractivity contribution in [2.24, 2.45) is 0 Å². The molecule has 0 radical (unpaired) electrons. The molecular weight excluding hydrogens is 342 g/mol. The van der Waals surface area contributed by atoms with Crippen LogP contribution >= 0.6 is 0 Å². The third-order valence-corrected chi connectivity index (χ3v) is 4.64. The second kappa shape index (κ2) is 8.16. The Kier molecular flexibility index (Phi) is 5.69. The van der Waals surface area contributed by atoms with Crippen LogP contribution < -0.4 is 10.6 Å². The van der Waals surface area contributed by atoms with Gasteiger partial charge in [0.1, 0.15) is 0 Å². The molecule has 7 heteroatoms. The third kappa shape index (κ3) is 4.07. The molecule has 0 saturated carbocycles. The van der Waals surface area contributed by atoms with E-state index >= 15 is 0 Å². The molecule has 27 heavy (non-hydrogen) atoms. The molecule has 0 unspecified atom stereocenters. The van der Waals surface area contributed by atoms with Gasteiger partial charge < -0.3 is 10.6 Å². The number of benzene rings is 1. The number of nitrogens with zero attached hydrogens (tertiary/aromatic N) is 3. The van der Waals surface area contributed by atoms with Crippen molar-refractivity contribution in [2.45, 2.75) is 40.0 Å². The molecule has 7 nitrogen and oxygen atoms in total. The van der Waals surface area contributed by atoms with Crippen molar-refractivity contribution >= 4 is 28.4 Å². The summed E-state index contributed by atoms with van der Waals surface area (Å²) in [5.41, 5.74) is 4.64. The van der Waals surface area contributed by atoms with Crippen molar-refractivity contribution in [1.82, 2.24) is 25.2 Å². The Balaban J connectivity index is 1.71.